The van der Waals surface area contributed by atoms with E-state index in [0.29, 0.717) is 13.1 Å². The number of carbonyl (C=O) groups is 1. The minimum Gasteiger partial charge on any atom is -0.493 e. The quantitative estimate of drug-likeness (QED) is 0.721. The molecule has 1 unspecified atom stereocenters. The molecule has 1 atom stereocenters. The van der Waals surface area contributed by atoms with E-state index in [9.17, 15) is 9.59 Å². The number of allylic oxidation sites excluding steroid dienone is 1. The number of methoxy groups -OCH3 is 2. The number of carbonyl (C=O) groups excluding carboxylic acids is 1. The van der Waals surface area contributed by atoms with Gasteiger partial charge in [-0.3, -0.25) is 19.3 Å². The average Bonchev–Trinajstić information content (AvgIpc) is 2.92. The van der Waals surface area contributed by atoms with Crippen molar-refractivity contribution >= 4 is 28.7 Å². The molecule has 2 aliphatic rings. The van der Waals surface area contributed by atoms with Crippen molar-refractivity contribution in [3.63, 3.8) is 0 Å². The van der Waals surface area contributed by atoms with E-state index in [2.05, 4.69) is 9.98 Å². The summed E-state index contributed by atoms with van der Waals surface area (Å²) >= 11 is 0. The van der Waals surface area contributed by atoms with Gasteiger partial charge < -0.3 is 20.3 Å². The van der Waals surface area contributed by atoms with Crippen molar-refractivity contribution in [1.82, 2.24) is 9.36 Å². The Morgan fingerprint density at radius 1 is 1.26 bits per heavy atom. The number of aromatic nitrogens is 2. The molecule has 146 valence electrons. The molecule has 27 heavy (non-hydrogen) atoms. The maximum Gasteiger partial charge on any atom is 0.294 e. The molecule has 10 nitrogen and oxygen atoms in total. The number of aliphatic imine (C=N–C) groups is 2. The Bertz CT molecular complexity index is 892. The van der Waals surface area contributed by atoms with Crippen molar-refractivity contribution < 1.29 is 19.4 Å². The zero-order chi connectivity index (χ0) is 19.6. The fourth-order valence-electron chi connectivity index (χ4n) is 3.26. The summed E-state index contributed by atoms with van der Waals surface area (Å²) in [6.07, 6.45) is 2.22. The number of Topliss-reactive ketones (excluding diaryl/α,β-unsaturated/α-hetero) is 1. The molecular formula is C17H23N5O5. The van der Waals surface area contributed by atoms with Gasteiger partial charge in [0.15, 0.2) is 23.4 Å². The lowest BCUT2D eigenvalue weighted by Crippen LogP contribution is -2.42. The Labute approximate surface area is 155 Å². The van der Waals surface area contributed by atoms with Gasteiger partial charge in [0.25, 0.3) is 5.56 Å². The molecule has 1 aromatic rings. The van der Waals surface area contributed by atoms with Gasteiger partial charge in [-0.25, -0.2) is 9.67 Å². The molecule has 1 aliphatic carbocycles. The van der Waals surface area contributed by atoms with Crippen LogP contribution in [-0.4, -0.2) is 65.2 Å². The van der Waals surface area contributed by atoms with Crippen LogP contribution in [0.15, 0.2) is 26.6 Å². The highest BCUT2D eigenvalue weighted by Gasteiger charge is 2.36. The van der Waals surface area contributed by atoms with Crippen molar-refractivity contribution in [2.75, 3.05) is 33.1 Å². The van der Waals surface area contributed by atoms with E-state index >= 15 is 0 Å². The normalized spacial score (nSPS) is 22.9. The highest BCUT2D eigenvalue weighted by Crippen LogP contribution is 2.24. The van der Waals surface area contributed by atoms with Crippen molar-refractivity contribution in [3.8, 4) is 0 Å². The molecule has 1 aliphatic heterocycles. The van der Waals surface area contributed by atoms with Crippen LogP contribution in [0.3, 0.4) is 0 Å². The molecule has 0 aromatic carbocycles. The lowest BCUT2D eigenvalue weighted by Gasteiger charge is -2.22. The second kappa shape index (κ2) is 7.89. The van der Waals surface area contributed by atoms with Crippen LogP contribution in [0.25, 0.3) is 0 Å². The standard InChI is InChI=1S/C17H23N5O5/c1-26-11-9-10(12(19-5-8-23)15(27-2)14(11)24)20-13-16(18)21-6-3-4-7-22(21)17(13)25/h9,15,23H,3-8,18H2,1-2H3. The third kappa shape index (κ3) is 3.33. The number of fused-ring (bicyclic) bond motifs is 1. The Balaban J connectivity index is 2.17. The molecule has 10 heteroatoms. The second-order valence-corrected chi connectivity index (χ2v) is 6.17. The Kier molecular flexibility index (Phi) is 5.57. The zero-order valence-corrected chi connectivity index (χ0v) is 15.3. The molecule has 2 heterocycles. The monoisotopic (exact) mass is 377 g/mol. The molecule has 0 saturated heterocycles. The van der Waals surface area contributed by atoms with Gasteiger partial charge >= 0.3 is 0 Å². The molecule has 3 rings (SSSR count). The predicted octanol–water partition coefficient (Wildman–Crippen LogP) is -0.340. The van der Waals surface area contributed by atoms with Gasteiger partial charge in [0, 0.05) is 26.3 Å². The first-order valence-electron chi connectivity index (χ1n) is 8.69. The summed E-state index contributed by atoms with van der Waals surface area (Å²) in [4.78, 5) is 33.8. The highest BCUT2D eigenvalue weighted by atomic mass is 16.5. The van der Waals surface area contributed by atoms with Gasteiger partial charge in [-0.05, 0) is 12.8 Å². The summed E-state index contributed by atoms with van der Waals surface area (Å²) in [5, 5.41) is 9.11. The smallest absolute Gasteiger partial charge is 0.294 e. The van der Waals surface area contributed by atoms with Gasteiger partial charge in [0.2, 0.25) is 5.78 Å². The summed E-state index contributed by atoms with van der Waals surface area (Å²) in [5.74, 6) is -0.0883. The van der Waals surface area contributed by atoms with Gasteiger partial charge in [-0.15, -0.1) is 0 Å². The van der Waals surface area contributed by atoms with Crippen LogP contribution >= 0.6 is 0 Å². The van der Waals surface area contributed by atoms with E-state index in [-0.39, 0.29) is 47.4 Å². The summed E-state index contributed by atoms with van der Waals surface area (Å²) in [6.45, 7) is 1.10. The number of aliphatic hydroxyl groups excluding tert-OH is 1. The fourth-order valence-corrected chi connectivity index (χ4v) is 3.26. The van der Waals surface area contributed by atoms with Crippen LogP contribution < -0.4 is 11.3 Å². The number of hydrogen-bond donors (Lipinski definition) is 2. The number of rotatable bonds is 5. The molecule has 1 aromatic heterocycles. The van der Waals surface area contributed by atoms with Crippen molar-refractivity contribution in [2.24, 2.45) is 9.98 Å². The summed E-state index contributed by atoms with van der Waals surface area (Å²) in [5.41, 5.74) is 6.44. The predicted molar refractivity (Wildman–Crippen MR) is 99.7 cm³/mol. The maximum absolute atomic E-state index is 12.7. The largest absolute Gasteiger partial charge is 0.493 e. The summed E-state index contributed by atoms with van der Waals surface area (Å²) in [6, 6.07) is 0. The van der Waals surface area contributed by atoms with Gasteiger partial charge in [0.1, 0.15) is 0 Å². The minimum atomic E-state index is -1.03. The Morgan fingerprint density at radius 2 is 1.96 bits per heavy atom. The van der Waals surface area contributed by atoms with E-state index < -0.39 is 11.9 Å². The van der Waals surface area contributed by atoms with Crippen LogP contribution in [0.5, 0.6) is 0 Å². The molecule has 0 fully saturated rings. The maximum atomic E-state index is 12.7. The third-order valence-electron chi connectivity index (χ3n) is 4.57. The van der Waals surface area contributed by atoms with E-state index in [1.807, 2.05) is 0 Å². The van der Waals surface area contributed by atoms with Gasteiger partial charge in [-0.2, -0.15) is 0 Å². The highest BCUT2D eigenvalue weighted by molar-refractivity contribution is 6.54. The van der Waals surface area contributed by atoms with Crippen LogP contribution in [0.2, 0.25) is 0 Å². The molecule has 0 amide bonds. The topological polar surface area (TPSA) is 133 Å². The Morgan fingerprint density at radius 3 is 2.56 bits per heavy atom. The van der Waals surface area contributed by atoms with Crippen molar-refractivity contribution in [1.29, 1.82) is 0 Å². The fraction of sp³-hybridized carbons (Fsp3) is 0.529. The zero-order valence-electron chi connectivity index (χ0n) is 15.3. The molecule has 0 bridgehead atoms. The number of ketones is 1. The molecule has 0 spiro atoms. The Hall–Kier alpha value is -2.72. The van der Waals surface area contributed by atoms with Crippen molar-refractivity contribution in [2.45, 2.75) is 32.0 Å². The van der Waals surface area contributed by atoms with E-state index in [1.54, 1.807) is 9.36 Å². The van der Waals surface area contributed by atoms with Gasteiger partial charge in [-0.1, -0.05) is 0 Å². The second-order valence-electron chi connectivity index (χ2n) is 6.17. The van der Waals surface area contributed by atoms with Crippen molar-refractivity contribution in [3.05, 3.63) is 22.2 Å². The molecule has 0 saturated carbocycles. The number of nitrogens with zero attached hydrogens (tertiary/aromatic N) is 4. The lowest BCUT2D eigenvalue weighted by atomic mass is 9.96. The van der Waals surface area contributed by atoms with Crippen LogP contribution in [0, 0.1) is 0 Å². The van der Waals surface area contributed by atoms with E-state index in [1.165, 1.54) is 20.3 Å². The SMILES string of the molecule is COC1=CC(=Nc2c(N)n3n(c2=O)CCCC3)C(=NCCO)C(OC)C1=O. The van der Waals surface area contributed by atoms with Crippen LogP contribution in [-0.2, 0) is 27.4 Å². The van der Waals surface area contributed by atoms with Crippen LogP contribution in [0.4, 0.5) is 11.5 Å². The minimum absolute atomic E-state index is 0.0474. The summed E-state index contributed by atoms with van der Waals surface area (Å²) < 4.78 is 13.7. The first-order valence-corrected chi connectivity index (χ1v) is 8.69. The number of ether oxygens (including phenoxy) is 2. The van der Waals surface area contributed by atoms with Crippen LogP contribution in [0.1, 0.15) is 12.8 Å². The molecule has 0 radical (unpaired) electrons. The number of aliphatic hydroxyl groups is 1. The van der Waals surface area contributed by atoms with E-state index in [0.717, 1.165) is 12.8 Å². The molecule has 3 N–H and O–H groups in total. The molecular weight excluding hydrogens is 354 g/mol. The summed E-state index contributed by atoms with van der Waals surface area (Å²) in [7, 11) is 2.73. The van der Waals surface area contributed by atoms with Gasteiger partial charge in [0.05, 0.1) is 31.7 Å². The number of hydrogen-bond acceptors (Lipinski definition) is 8. The average molecular weight is 377 g/mol. The third-order valence-corrected chi connectivity index (χ3v) is 4.57. The van der Waals surface area contributed by atoms with E-state index in [4.69, 9.17) is 20.3 Å². The number of anilines is 1. The number of nitrogens with two attached hydrogens (primary N) is 1. The number of nitrogen functional groups attached to an aromatic ring is 1. The first kappa shape index (κ1) is 19.1. The first-order chi connectivity index (χ1) is 13.0. The lowest BCUT2D eigenvalue weighted by molar-refractivity contribution is -0.124.